The SMILES string of the molecule is N#CC(Cc1ccc(-n2cc(-c3ccc4[nH]ccc4c3)nn2)cc1)NC(=O)C1NC2CCC1C2. The molecule has 1 amide bonds. The molecule has 1 aliphatic carbocycles. The standard InChI is InChI=1S/C26H25N7O/c27-14-21(30-26(34)25-19-3-5-20(13-19)29-25)11-16-1-6-22(7-2-16)33-15-24(31-32-33)17-4-8-23-18(12-17)9-10-28-23/h1-2,4,6-10,12,15,19-21,25,28-29H,3,5,11,13H2,(H,30,34). The van der Waals surface area contributed by atoms with Crippen LogP contribution in [-0.4, -0.2) is 44.0 Å². The maximum atomic E-state index is 12.7. The highest BCUT2D eigenvalue weighted by molar-refractivity contribution is 5.84. The lowest BCUT2D eigenvalue weighted by atomic mass is 9.98. The van der Waals surface area contributed by atoms with Crippen LogP contribution in [-0.2, 0) is 11.2 Å². The van der Waals surface area contributed by atoms with Gasteiger partial charge in [0, 0.05) is 35.1 Å². The molecule has 4 unspecified atom stereocenters. The van der Waals surface area contributed by atoms with Crippen molar-refractivity contribution in [3.05, 3.63) is 66.5 Å². The van der Waals surface area contributed by atoms with Crippen molar-refractivity contribution in [2.45, 2.75) is 43.8 Å². The number of aromatic amines is 1. The third-order valence-corrected chi connectivity index (χ3v) is 7.10. The molecule has 3 N–H and O–H groups in total. The monoisotopic (exact) mass is 451 g/mol. The number of fused-ring (bicyclic) bond motifs is 3. The Labute approximate surface area is 197 Å². The molecule has 4 atom stereocenters. The number of carbonyl (C=O) groups excluding carboxylic acids is 1. The Kier molecular flexibility index (Phi) is 5.12. The molecule has 4 aromatic rings. The molecule has 8 nitrogen and oxygen atoms in total. The van der Waals surface area contributed by atoms with Gasteiger partial charge < -0.3 is 15.6 Å². The maximum Gasteiger partial charge on any atom is 0.238 e. The highest BCUT2D eigenvalue weighted by Crippen LogP contribution is 2.35. The van der Waals surface area contributed by atoms with Gasteiger partial charge in [0.2, 0.25) is 5.91 Å². The molecule has 2 aliphatic rings. The fourth-order valence-corrected chi connectivity index (χ4v) is 5.30. The summed E-state index contributed by atoms with van der Waals surface area (Å²) in [4.78, 5) is 15.9. The minimum absolute atomic E-state index is 0.0525. The Bertz CT molecular complexity index is 1380. The van der Waals surface area contributed by atoms with Gasteiger partial charge in [0.05, 0.1) is 24.0 Å². The molecule has 34 heavy (non-hydrogen) atoms. The van der Waals surface area contributed by atoms with E-state index in [4.69, 9.17) is 0 Å². The predicted molar refractivity (Wildman–Crippen MR) is 128 cm³/mol. The summed E-state index contributed by atoms with van der Waals surface area (Å²) < 4.78 is 1.74. The third-order valence-electron chi connectivity index (χ3n) is 7.10. The first-order valence-corrected chi connectivity index (χ1v) is 11.7. The predicted octanol–water partition coefficient (Wildman–Crippen LogP) is 3.11. The van der Waals surface area contributed by atoms with Crippen LogP contribution in [0.4, 0.5) is 0 Å². The average Bonchev–Trinajstić information content (AvgIpc) is 3.67. The summed E-state index contributed by atoms with van der Waals surface area (Å²) in [6.45, 7) is 0. The van der Waals surface area contributed by atoms with Crippen molar-refractivity contribution in [2.75, 3.05) is 0 Å². The van der Waals surface area contributed by atoms with E-state index in [0.29, 0.717) is 18.4 Å². The van der Waals surface area contributed by atoms with Crippen LogP contribution in [0.3, 0.4) is 0 Å². The first-order valence-electron chi connectivity index (χ1n) is 11.7. The number of hydrogen-bond acceptors (Lipinski definition) is 5. The van der Waals surface area contributed by atoms with E-state index in [1.54, 1.807) is 4.68 Å². The van der Waals surface area contributed by atoms with Crippen LogP contribution in [0, 0.1) is 17.2 Å². The Hall–Kier alpha value is -3.96. The van der Waals surface area contributed by atoms with Gasteiger partial charge in [-0.3, -0.25) is 4.79 Å². The molecule has 0 radical (unpaired) electrons. The molecule has 2 aromatic heterocycles. The van der Waals surface area contributed by atoms with Crippen LogP contribution in [0.5, 0.6) is 0 Å². The number of H-pyrrole nitrogens is 1. The van der Waals surface area contributed by atoms with Gasteiger partial charge in [-0.05, 0) is 61.1 Å². The topological polar surface area (TPSA) is 111 Å². The summed E-state index contributed by atoms with van der Waals surface area (Å²) in [6.07, 6.45) is 7.61. The van der Waals surface area contributed by atoms with Gasteiger partial charge in [-0.25, -0.2) is 4.68 Å². The van der Waals surface area contributed by atoms with Crippen molar-refractivity contribution >= 4 is 16.8 Å². The minimum Gasteiger partial charge on any atom is -0.361 e. The van der Waals surface area contributed by atoms with Gasteiger partial charge in [0.1, 0.15) is 11.7 Å². The van der Waals surface area contributed by atoms with Gasteiger partial charge in [0.15, 0.2) is 0 Å². The molecular formula is C26H25N7O. The molecule has 1 saturated carbocycles. The Morgan fingerprint density at radius 2 is 2.09 bits per heavy atom. The van der Waals surface area contributed by atoms with Crippen LogP contribution >= 0.6 is 0 Å². The summed E-state index contributed by atoms with van der Waals surface area (Å²) in [7, 11) is 0. The van der Waals surface area contributed by atoms with Gasteiger partial charge in [-0.1, -0.05) is 23.4 Å². The van der Waals surface area contributed by atoms with E-state index in [0.717, 1.165) is 52.7 Å². The number of amides is 1. The number of hydrogen-bond donors (Lipinski definition) is 3. The van der Waals surface area contributed by atoms with E-state index in [1.165, 1.54) is 0 Å². The Balaban J connectivity index is 1.11. The fraction of sp³-hybridized carbons (Fsp3) is 0.308. The second-order valence-corrected chi connectivity index (χ2v) is 9.30. The van der Waals surface area contributed by atoms with Gasteiger partial charge in [-0.2, -0.15) is 5.26 Å². The van der Waals surface area contributed by atoms with Crippen LogP contribution < -0.4 is 10.6 Å². The van der Waals surface area contributed by atoms with Crippen LogP contribution in [0.1, 0.15) is 24.8 Å². The number of piperidine rings is 1. The molecule has 170 valence electrons. The zero-order chi connectivity index (χ0) is 23.1. The number of nitrogens with zero attached hydrogens (tertiary/aromatic N) is 4. The largest absolute Gasteiger partial charge is 0.361 e. The van der Waals surface area contributed by atoms with Crippen molar-refractivity contribution in [1.82, 2.24) is 30.6 Å². The zero-order valence-corrected chi connectivity index (χ0v) is 18.6. The first-order chi connectivity index (χ1) is 16.7. The van der Waals surface area contributed by atoms with Crippen molar-refractivity contribution in [3.8, 4) is 23.0 Å². The minimum atomic E-state index is -0.555. The van der Waals surface area contributed by atoms with Gasteiger partial charge >= 0.3 is 0 Å². The van der Waals surface area contributed by atoms with Crippen LogP contribution in [0.2, 0.25) is 0 Å². The number of carbonyl (C=O) groups is 1. The molecule has 1 aliphatic heterocycles. The first kappa shape index (κ1) is 20.6. The molecule has 3 heterocycles. The van der Waals surface area contributed by atoms with Crippen molar-refractivity contribution in [1.29, 1.82) is 5.26 Å². The fourth-order valence-electron chi connectivity index (χ4n) is 5.30. The van der Waals surface area contributed by atoms with E-state index in [-0.39, 0.29) is 11.9 Å². The third kappa shape index (κ3) is 3.84. The molecule has 2 bridgehead atoms. The summed E-state index contributed by atoms with van der Waals surface area (Å²) >= 11 is 0. The van der Waals surface area contributed by atoms with E-state index in [1.807, 2.05) is 54.9 Å². The van der Waals surface area contributed by atoms with Gasteiger partial charge in [-0.15, -0.1) is 5.10 Å². The van der Waals surface area contributed by atoms with Crippen molar-refractivity contribution in [2.24, 2.45) is 5.92 Å². The molecular weight excluding hydrogens is 426 g/mol. The van der Waals surface area contributed by atoms with Gasteiger partial charge in [0.25, 0.3) is 0 Å². The second kappa shape index (κ2) is 8.43. The molecule has 2 aromatic carbocycles. The van der Waals surface area contributed by atoms with Crippen molar-refractivity contribution in [3.63, 3.8) is 0 Å². The van der Waals surface area contributed by atoms with Crippen LogP contribution in [0.15, 0.2) is 60.9 Å². The van der Waals surface area contributed by atoms with Crippen LogP contribution in [0.25, 0.3) is 27.8 Å². The number of aromatic nitrogens is 4. The quantitative estimate of drug-likeness (QED) is 0.417. The summed E-state index contributed by atoms with van der Waals surface area (Å²) in [6, 6.07) is 18.0. The lowest BCUT2D eigenvalue weighted by molar-refractivity contribution is -0.124. The normalized spacial score (nSPS) is 22.0. The second-order valence-electron chi connectivity index (χ2n) is 9.30. The number of nitriles is 1. The lowest BCUT2D eigenvalue weighted by Gasteiger charge is -2.23. The maximum absolute atomic E-state index is 12.7. The van der Waals surface area contributed by atoms with E-state index >= 15 is 0 Å². The molecule has 0 spiro atoms. The Morgan fingerprint density at radius 1 is 1.21 bits per heavy atom. The molecule has 8 heteroatoms. The summed E-state index contributed by atoms with van der Waals surface area (Å²) in [5.74, 6) is 0.351. The number of rotatable bonds is 6. The van der Waals surface area contributed by atoms with E-state index in [9.17, 15) is 10.1 Å². The highest BCUT2D eigenvalue weighted by Gasteiger charge is 2.43. The Morgan fingerprint density at radius 3 is 2.85 bits per heavy atom. The summed E-state index contributed by atoms with van der Waals surface area (Å²) in [5, 5.41) is 25.7. The number of benzene rings is 2. The highest BCUT2D eigenvalue weighted by atomic mass is 16.2. The number of nitrogens with one attached hydrogen (secondary N) is 3. The van der Waals surface area contributed by atoms with E-state index in [2.05, 4.69) is 38.1 Å². The average molecular weight is 452 g/mol. The molecule has 6 rings (SSSR count). The molecule has 1 saturated heterocycles. The van der Waals surface area contributed by atoms with Crippen molar-refractivity contribution < 1.29 is 4.79 Å². The smallest absolute Gasteiger partial charge is 0.238 e. The lowest BCUT2D eigenvalue weighted by Crippen LogP contribution is -2.50. The molecule has 2 fully saturated rings. The van der Waals surface area contributed by atoms with E-state index < -0.39 is 6.04 Å². The zero-order valence-electron chi connectivity index (χ0n) is 18.6. The summed E-state index contributed by atoms with van der Waals surface area (Å²) in [5.41, 5.74) is 4.76.